The predicted octanol–water partition coefficient (Wildman–Crippen LogP) is 6.72. The molecule has 260 valence electrons. The van der Waals surface area contributed by atoms with Crippen molar-refractivity contribution < 1.29 is 9.05 Å². The highest BCUT2D eigenvalue weighted by Gasteiger charge is 2.46. The number of hydrogen-bond acceptors (Lipinski definition) is 4. The van der Waals surface area contributed by atoms with Crippen molar-refractivity contribution in [2.45, 2.75) is 19.8 Å². The molecule has 7 rings (SSSR count). The normalized spacial score (nSPS) is 12.2. The maximum Gasteiger partial charge on any atom is 0.380 e. The lowest BCUT2D eigenvalue weighted by Gasteiger charge is -2.31. The molecule has 7 aromatic rings. The Hall–Kier alpha value is -6.09. The monoisotopic (exact) mass is 722 g/mol. The molecule has 0 saturated heterocycles. The quantitative estimate of drug-likeness (QED) is 0.0542. The van der Waals surface area contributed by atoms with Crippen molar-refractivity contribution in [2.24, 2.45) is 10.3 Å². The molecule has 0 aliphatic carbocycles. The molecule has 0 aromatic heterocycles. The van der Waals surface area contributed by atoms with Gasteiger partial charge in [-0.3, -0.25) is 0 Å². The summed E-state index contributed by atoms with van der Waals surface area (Å²) in [4.78, 5) is 0. The van der Waals surface area contributed by atoms with E-state index in [4.69, 9.17) is 19.4 Å². The van der Waals surface area contributed by atoms with Gasteiger partial charge in [0, 0.05) is 12.8 Å². The van der Waals surface area contributed by atoms with E-state index in [1.807, 2.05) is 49.4 Å². The van der Waals surface area contributed by atoms with Crippen LogP contribution in [0, 0.1) is 0 Å². The molecular formula is C47H42N2O2Si2. The number of benzene rings is 7. The van der Waals surface area contributed by atoms with Crippen molar-refractivity contribution in [1.29, 1.82) is 0 Å². The highest BCUT2D eigenvalue weighted by molar-refractivity contribution is 7.07. The molecule has 0 atom stereocenters. The predicted molar refractivity (Wildman–Crippen MR) is 225 cm³/mol. The molecule has 0 aliphatic heterocycles. The minimum atomic E-state index is -3.09. The van der Waals surface area contributed by atoms with Crippen molar-refractivity contribution >= 4 is 59.2 Å². The molecule has 0 bridgehead atoms. The Kier molecular flexibility index (Phi) is 11.3. The summed E-state index contributed by atoms with van der Waals surface area (Å²) in [7, 11) is -6.13. The summed E-state index contributed by atoms with van der Waals surface area (Å²) in [6.45, 7) is 2.02. The fourth-order valence-electron chi connectivity index (χ4n) is 6.92. The zero-order valence-corrected chi connectivity index (χ0v) is 31.8. The second-order valence-electron chi connectivity index (χ2n) is 13.1. The first-order chi connectivity index (χ1) is 26.2. The van der Waals surface area contributed by atoms with Crippen LogP contribution >= 0.6 is 0 Å². The fourth-order valence-corrected chi connectivity index (χ4v) is 14.1. The molecule has 0 fully saturated rings. The summed E-state index contributed by atoms with van der Waals surface area (Å²) in [5.41, 5.74) is 2.83. The number of hydrogen-bond donors (Lipinski definition) is 0. The second kappa shape index (κ2) is 17.0. The molecule has 0 aliphatic rings. The first-order valence-corrected chi connectivity index (χ1v) is 21.8. The lowest BCUT2D eigenvalue weighted by atomic mass is 10.0. The minimum absolute atomic E-state index is 0.473. The number of nitrogens with zero attached hydrogens (tertiary/aromatic N) is 2. The summed E-state index contributed by atoms with van der Waals surface area (Å²) >= 11 is 0. The van der Waals surface area contributed by atoms with Crippen LogP contribution in [0.15, 0.2) is 223 Å². The van der Waals surface area contributed by atoms with Crippen LogP contribution in [0.1, 0.15) is 18.9 Å². The van der Waals surface area contributed by atoms with Crippen LogP contribution in [0.5, 0.6) is 0 Å². The summed E-state index contributed by atoms with van der Waals surface area (Å²) in [5, 5.41) is 16.9. The third-order valence-corrected chi connectivity index (χ3v) is 17.1. The molecule has 0 saturated carbocycles. The van der Waals surface area contributed by atoms with Crippen molar-refractivity contribution in [2.75, 3.05) is 0 Å². The Balaban J connectivity index is 1.31. The smallest absolute Gasteiger partial charge is 0.380 e. The van der Waals surface area contributed by atoms with Crippen molar-refractivity contribution in [3.8, 4) is 0 Å². The van der Waals surface area contributed by atoms with Crippen molar-refractivity contribution in [3.63, 3.8) is 0 Å². The van der Waals surface area contributed by atoms with Crippen LogP contribution in [-0.4, -0.2) is 28.1 Å². The fraction of sp³-hybridized carbons (Fsp3) is 0.0638. The Morgan fingerprint density at radius 2 is 0.642 bits per heavy atom. The molecular weight excluding hydrogens is 681 g/mol. The molecule has 0 heterocycles. The SMILES string of the molecule is CC(CC(Cc1ccccc1)=NO[Si](c1ccccc1)(c1ccccc1)c1ccccc1)=NO[Si](c1ccccc1)(c1ccccc1)c1ccccc1. The van der Waals surface area contributed by atoms with Gasteiger partial charge in [0.15, 0.2) is 0 Å². The molecule has 0 spiro atoms. The van der Waals surface area contributed by atoms with Gasteiger partial charge in [0.25, 0.3) is 0 Å². The van der Waals surface area contributed by atoms with Crippen LogP contribution in [0.2, 0.25) is 0 Å². The average molecular weight is 723 g/mol. The van der Waals surface area contributed by atoms with Gasteiger partial charge in [-0.2, -0.15) is 0 Å². The third kappa shape index (κ3) is 7.89. The first-order valence-electron chi connectivity index (χ1n) is 18.0. The van der Waals surface area contributed by atoms with Crippen LogP contribution < -0.4 is 31.1 Å². The van der Waals surface area contributed by atoms with Gasteiger partial charge in [0.1, 0.15) is 0 Å². The number of rotatable bonds is 14. The van der Waals surface area contributed by atoms with Crippen molar-refractivity contribution in [3.05, 3.63) is 218 Å². The molecule has 0 N–H and O–H groups in total. The minimum Gasteiger partial charge on any atom is -0.438 e. The first kappa shape index (κ1) is 35.3. The summed E-state index contributed by atoms with van der Waals surface area (Å²) in [5.74, 6) is 0. The summed E-state index contributed by atoms with van der Waals surface area (Å²) in [6, 6.07) is 73.6. The lowest BCUT2D eigenvalue weighted by Crippen LogP contribution is -2.68. The molecule has 7 aromatic carbocycles. The standard InChI is InChI=1S/C47H42N2O2Si2/c1-39(48-50-52(42-25-11-3-12-26-42,43-27-13-4-14-28-43)44-29-15-5-16-30-44)37-41(38-40-23-9-2-10-24-40)49-51-53(45-31-17-6-18-32-45,46-33-19-7-20-34-46)47-35-21-8-22-36-47/h2-36H,37-38H2,1H3. The van der Waals surface area contributed by atoms with E-state index in [2.05, 4.69) is 170 Å². The van der Waals surface area contributed by atoms with Gasteiger partial charge in [-0.15, -0.1) is 10.3 Å². The lowest BCUT2D eigenvalue weighted by molar-refractivity contribution is 0.344. The van der Waals surface area contributed by atoms with E-state index < -0.39 is 16.6 Å². The van der Waals surface area contributed by atoms with Gasteiger partial charge in [-0.25, -0.2) is 0 Å². The molecule has 0 radical (unpaired) electrons. The van der Waals surface area contributed by atoms with Gasteiger partial charge in [0.2, 0.25) is 0 Å². The Morgan fingerprint density at radius 3 is 0.943 bits per heavy atom. The Labute approximate surface area is 315 Å². The second-order valence-corrected chi connectivity index (χ2v) is 19.6. The zero-order chi connectivity index (χ0) is 36.2. The van der Waals surface area contributed by atoms with Gasteiger partial charge >= 0.3 is 16.6 Å². The molecule has 4 nitrogen and oxygen atoms in total. The molecule has 0 amide bonds. The van der Waals surface area contributed by atoms with E-state index in [-0.39, 0.29) is 0 Å². The summed E-state index contributed by atoms with van der Waals surface area (Å²) < 4.78 is 14.1. The Bertz CT molecular complexity index is 2030. The van der Waals surface area contributed by atoms with Gasteiger partial charge in [0.05, 0.1) is 11.4 Å². The Morgan fingerprint density at radius 1 is 0.377 bits per heavy atom. The van der Waals surface area contributed by atoms with Crippen LogP contribution in [0.4, 0.5) is 0 Å². The average Bonchev–Trinajstić information content (AvgIpc) is 3.24. The van der Waals surface area contributed by atoms with E-state index >= 15 is 0 Å². The van der Waals surface area contributed by atoms with Gasteiger partial charge in [-0.1, -0.05) is 212 Å². The van der Waals surface area contributed by atoms with Crippen LogP contribution in [-0.2, 0) is 15.5 Å². The summed E-state index contributed by atoms with van der Waals surface area (Å²) in [6.07, 6.45) is 1.08. The van der Waals surface area contributed by atoms with Crippen LogP contribution in [0.3, 0.4) is 0 Å². The van der Waals surface area contributed by atoms with Crippen LogP contribution in [0.25, 0.3) is 0 Å². The third-order valence-electron chi connectivity index (χ3n) is 9.44. The van der Waals surface area contributed by atoms with E-state index in [1.54, 1.807) is 0 Å². The van der Waals surface area contributed by atoms with Crippen molar-refractivity contribution in [1.82, 2.24) is 0 Å². The van der Waals surface area contributed by atoms with E-state index in [9.17, 15) is 0 Å². The highest BCUT2D eigenvalue weighted by Crippen LogP contribution is 2.15. The van der Waals surface area contributed by atoms with E-state index in [0.717, 1.165) is 48.1 Å². The highest BCUT2D eigenvalue weighted by atomic mass is 28.4. The maximum atomic E-state index is 7.12. The largest absolute Gasteiger partial charge is 0.438 e. The van der Waals surface area contributed by atoms with Gasteiger partial charge in [-0.05, 0) is 43.6 Å². The maximum absolute atomic E-state index is 7.12. The zero-order valence-electron chi connectivity index (χ0n) is 29.8. The molecule has 53 heavy (non-hydrogen) atoms. The van der Waals surface area contributed by atoms with E-state index in [0.29, 0.717) is 12.8 Å². The van der Waals surface area contributed by atoms with E-state index in [1.165, 1.54) is 0 Å². The molecule has 6 heteroatoms. The topological polar surface area (TPSA) is 43.2 Å². The number of oxime groups is 2. The molecule has 0 unspecified atom stereocenters. The van der Waals surface area contributed by atoms with Gasteiger partial charge < -0.3 is 9.05 Å².